The standard InChI is InChI=1S/C11H12Cl2O/c1-6-4-8(3)9(5-7(6)2)10(12)11(13)14/h4-5,10H,1-3H3. The molecule has 1 aromatic rings. The number of hydrogen-bond donors (Lipinski definition) is 0. The first-order chi connectivity index (χ1) is 6.43. The third kappa shape index (κ3) is 2.28. The minimum atomic E-state index is -0.740. The molecule has 0 saturated heterocycles. The lowest BCUT2D eigenvalue weighted by molar-refractivity contribution is -0.111. The molecule has 1 unspecified atom stereocenters. The number of rotatable bonds is 2. The van der Waals surface area contributed by atoms with Gasteiger partial charge in [0.05, 0.1) is 0 Å². The molecule has 1 rings (SSSR count). The monoisotopic (exact) mass is 230 g/mol. The lowest BCUT2D eigenvalue weighted by Crippen LogP contribution is -2.02. The SMILES string of the molecule is Cc1cc(C)c(C(Cl)C(=O)Cl)cc1C. The van der Waals surface area contributed by atoms with E-state index in [1.165, 1.54) is 5.56 Å². The highest BCUT2D eigenvalue weighted by atomic mass is 35.5. The summed E-state index contributed by atoms with van der Waals surface area (Å²) in [7, 11) is 0. The second-order valence-corrected chi connectivity index (χ2v) is 4.27. The molecular weight excluding hydrogens is 219 g/mol. The molecule has 0 aliphatic heterocycles. The van der Waals surface area contributed by atoms with Crippen LogP contribution in [0.3, 0.4) is 0 Å². The van der Waals surface area contributed by atoms with Gasteiger partial charge in [-0.25, -0.2) is 0 Å². The molecule has 0 saturated carbocycles. The summed E-state index contributed by atoms with van der Waals surface area (Å²) in [6.45, 7) is 5.94. The van der Waals surface area contributed by atoms with Crippen molar-refractivity contribution in [2.75, 3.05) is 0 Å². The third-order valence-electron chi connectivity index (χ3n) is 2.35. The highest BCUT2D eigenvalue weighted by molar-refractivity contribution is 6.68. The highest BCUT2D eigenvalue weighted by Gasteiger charge is 2.17. The molecule has 14 heavy (non-hydrogen) atoms. The molecule has 76 valence electrons. The van der Waals surface area contributed by atoms with Gasteiger partial charge < -0.3 is 0 Å². The van der Waals surface area contributed by atoms with Crippen molar-refractivity contribution >= 4 is 28.4 Å². The summed E-state index contributed by atoms with van der Waals surface area (Å²) in [5.74, 6) is 0. The fraction of sp³-hybridized carbons (Fsp3) is 0.364. The van der Waals surface area contributed by atoms with E-state index in [1.807, 2.05) is 32.9 Å². The van der Waals surface area contributed by atoms with Crippen LogP contribution in [0.2, 0.25) is 0 Å². The largest absolute Gasteiger partial charge is 0.279 e. The van der Waals surface area contributed by atoms with E-state index in [9.17, 15) is 4.79 Å². The van der Waals surface area contributed by atoms with Crippen LogP contribution in [-0.2, 0) is 4.79 Å². The van der Waals surface area contributed by atoms with Gasteiger partial charge in [-0.15, -0.1) is 11.6 Å². The number of alkyl halides is 1. The number of benzene rings is 1. The summed E-state index contributed by atoms with van der Waals surface area (Å²) in [4.78, 5) is 10.9. The van der Waals surface area contributed by atoms with E-state index in [0.717, 1.165) is 16.7 Å². The van der Waals surface area contributed by atoms with E-state index >= 15 is 0 Å². The van der Waals surface area contributed by atoms with Gasteiger partial charge in [0.25, 0.3) is 0 Å². The van der Waals surface area contributed by atoms with Crippen molar-refractivity contribution in [3.63, 3.8) is 0 Å². The van der Waals surface area contributed by atoms with E-state index in [0.29, 0.717) is 0 Å². The molecule has 3 heteroatoms. The van der Waals surface area contributed by atoms with Crippen molar-refractivity contribution in [1.82, 2.24) is 0 Å². The van der Waals surface area contributed by atoms with E-state index in [1.54, 1.807) is 0 Å². The topological polar surface area (TPSA) is 17.1 Å². The summed E-state index contributed by atoms with van der Waals surface area (Å²) >= 11 is 11.2. The summed E-state index contributed by atoms with van der Waals surface area (Å²) in [6.07, 6.45) is 0. The smallest absolute Gasteiger partial charge is 0.244 e. The Hall–Kier alpha value is -0.530. The highest BCUT2D eigenvalue weighted by Crippen LogP contribution is 2.28. The Bertz CT molecular complexity index is 372. The van der Waals surface area contributed by atoms with Gasteiger partial charge in [0.15, 0.2) is 0 Å². The van der Waals surface area contributed by atoms with E-state index in [2.05, 4.69) is 0 Å². The van der Waals surface area contributed by atoms with Crippen LogP contribution in [0.4, 0.5) is 0 Å². The fourth-order valence-corrected chi connectivity index (χ4v) is 1.73. The van der Waals surface area contributed by atoms with E-state index in [-0.39, 0.29) is 0 Å². The first-order valence-electron chi connectivity index (χ1n) is 4.34. The zero-order chi connectivity index (χ0) is 10.9. The van der Waals surface area contributed by atoms with Crippen molar-refractivity contribution in [2.45, 2.75) is 26.1 Å². The number of aryl methyl sites for hydroxylation is 3. The molecule has 1 aromatic carbocycles. The van der Waals surface area contributed by atoms with Gasteiger partial charge in [0, 0.05) is 0 Å². The Morgan fingerprint density at radius 2 is 1.64 bits per heavy atom. The molecule has 1 atom stereocenters. The molecule has 0 radical (unpaired) electrons. The molecule has 0 amide bonds. The van der Waals surface area contributed by atoms with Crippen LogP contribution in [0.25, 0.3) is 0 Å². The van der Waals surface area contributed by atoms with E-state index < -0.39 is 10.6 Å². The lowest BCUT2D eigenvalue weighted by atomic mass is 9.99. The van der Waals surface area contributed by atoms with Crippen LogP contribution in [-0.4, -0.2) is 5.24 Å². The Labute approximate surface area is 94.0 Å². The summed E-state index contributed by atoms with van der Waals surface area (Å²) in [5.41, 5.74) is 4.11. The van der Waals surface area contributed by atoms with Crippen molar-refractivity contribution in [3.05, 3.63) is 34.4 Å². The molecule has 1 nitrogen and oxygen atoms in total. The van der Waals surface area contributed by atoms with Crippen LogP contribution in [0.5, 0.6) is 0 Å². The van der Waals surface area contributed by atoms with Gasteiger partial charge >= 0.3 is 0 Å². The lowest BCUT2D eigenvalue weighted by Gasteiger charge is -2.11. The second-order valence-electron chi connectivity index (χ2n) is 3.46. The number of hydrogen-bond acceptors (Lipinski definition) is 1. The summed E-state index contributed by atoms with van der Waals surface area (Å²) < 4.78 is 0. The van der Waals surface area contributed by atoms with Gasteiger partial charge in [-0.3, -0.25) is 4.79 Å². The predicted octanol–water partition coefficient (Wildman–Crippen LogP) is 3.66. The normalized spacial score (nSPS) is 12.6. The number of carbonyl (C=O) groups excluding carboxylic acids is 1. The maximum Gasteiger partial charge on any atom is 0.244 e. The van der Waals surface area contributed by atoms with Gasteiger partial charge in [0.2, 0.25) is 5.24 Å². The third-order valence-corrected chi connectivity index (χ3v) is 3.12. The number of carbonyl (C=O) groups is 1. The second kappa shape index (κ2) is 4.33. The van der Waals surface area contributed by atoms with Crippen molar-refractivity contribution in [3.8, 4) is 0 Å². The fourth-order valence-electron chi connectivity index (χ4n) is 1.38. The van der Waals surface area contributed by atoms with Gasteiger partial charge in [-0.2, -0.15) is 0 Å². The molecule has 0 spiro atoms. The summed E-state index contributed by atoms with van der Waals surface area (Å²) in [5, 5.41) is -1.27. The summed E-state index contributed by atoms with van der Waals surface area (Å²) in [6, 6.07) is 3.93. The molecule has 0 aliphatic carbocycles. The van der Waals surface area contributed by atoms with Crippen LogP contribution >= 0.6 is 23.2 Å². The molecule has 0 N–H and O–H groups in total. The molecule has 0 bridgehead atoms. The molecular formula is C11H12Cl2O. The Kier molecular flexibility index (Phi) is 3.57. The first-order valence-corrected chi connectivity index (χ1v) is 5.16. The minimum absolute atomic E-state index is 0.530. The average Bonchev–Trinajstić information content (AvgIpc) is 2.10. The average molecular weight is 231 g/mol. The van der Waals surface area contributed by atoms with Crippen molar-refractivity contribution in [1.29, 1.82) is 0 Å². The molecule has 0 fully saturated rings. The molecule has 0 heterocycles. The van der Waals surface area contributed by atoms with Gasteiger partial charge in [0.1, 0.15) is 5.38 Å². The van der Waals surface area contributed by atoms with E-state index in [4.69, 9.17) is 23.2 Å². The Balaban J connectivity index is 3.22. The quantitative estimate of drug-likeness (QED) is 0.560. The van der Waals surface area contributed by atoms with Crippen LogP contribution in [0, 0.1) is 20.8 Å². The zero-order valence-electron chi connectivity index (χ0n) is 8.40. The molecule has 0 aliphatic rings. The Morgan fingerprint density at radius 3 is 2.14 bits per heavy atom. The predicted molar refractivity (Wildman–Crippen MR) is 60.1 cm³/mol. The van der Waals surface area contributed by atoms with Crippen LogP contribution < -0.4 is 0 Å². The zero-order valence-corrected chi connectivity index (χ0v) is 9.91. The Morgan fingerprint density at radius 1 is 1.14 bits per heavy atom. The number of halogens is 2. The van der Waals surface area contributed by atoms with Crippen LogP contribution in [0.15, 0.2) is 12.1 Å². The van der Waals surface area contributed by atoms with Gasteiger partial charge in [-0.1, -0.05) is 12.1 Å². The minimum Gasteiger partial charge on any atom is -0.279 e. The maximum absolute atomic E-state index is 10.9. The van der Waals surface area contributed by atoms with Crippen LogP contribution in [0.1, 0.15) is 27.6 Å². The molecule has 0 aromatic heterocycles. The van der Waals surface area contributed by atoms with Crippen molar-refractivity contribution in [2.24, 2.45) is 0 Å². The van der Waals surface area contributed by atoms with Gasteiger partial charge in [-0.05, 0) is 54.6 Å². The maximum atomic E-state index is 10.9. The van der Waals surface area contributed by atoms with Crippen molar-refractivity contribution < 1.29 is 4.79 Å². The first kappa shape index (κ1) is 11.5.